The molecule has 1 heterocycles. The third-order valence-electron chi connectivity index (χ3n) is 2.75. The van der Waals surface area contributed by atoms with Crippen molar-refractivity contribution in [2.45, 2.75) is 24.9 Å². The van der Waals surface area contributed by atoms with Gasteiger partial charge in [-0.2, -0.15) is 0 Å². The molecule has 0 spiro atoms. The Balaban J connectivity index is 1.93. The van der Waals surface area contributed by atoms with Crippen LogP contribution >= 0.6 is 11.8 Å². The number of aryl methyl sites for hydroxylation is 1. The Morgan fingerprint density at radius 1 is 1.36 bits per heavy atom. The van der Waals surface area contributed by atoms with Gasteiger partial charge >= 0.3 is 0 Å². The van der Waals surface area contributed by atoms with Crippen molar-refractivity contribution in [2.24, 2.45) is 0 Å². The average Bonchev–Trinajstić information content (AvgIpc) is 2.47. The van der Waals surface area contributed by atoms with Crippen LogP contribution in [0.3, 0.4) is 0 Å². The van der Waals surface area contributed by atoms with Crippen LogP contribution in [0.15, 0.2) is 40.3 Å². The number of hydrogen-bond donors (Lipinski definition) is 2. The quantitative estimate of drug-likeness (QED) is 0.633. The third-order valence-corrected chi connectivity index (χ3v) is 3.62. The zero-order valence-electron chi connectivity index (χ0n) is 12.1. The molecule has 2 rings (SSSR count). The molecule has 0 aliphatic carbocycles. The first kappa shape index (κ1) is 16.2. The zero-order valence-corrected chi connectivity index (χ0v) is 12.9. The number of aromatic nitrogens is 2. The number of carbonyl (C=O) groups excluding carboxylic acids is 1. The summed E-state index contributed by atoms with van der Waals surface area (Å²) in [5.74, 6) is -0.502. The van der Waals surface area contributed by atoms with Crippen LogP contribution in [-0.2, 0) is 11.2 Å². The maximum absolute atomic E-state index is 12.8. The highest BCUT2D eigenvalue weighted by atomic mass is 32.2. The van der Waals surface area contributed by atoms with Crippen molar-refractivity contribution in [3.8, 4) is 0 Å². The van der Waals surface area contributed by atoms with Gasteiger partial charge in [-0.15, -0.1) is 0 Å². The number of halogens is 1. The van der Waals surface area contributed by atoms with Crippen LogP contribution in [-0.4, -0.2) is 21.6 Å². The average molecular weight is 321 g/mol. The number of nitrogens with one attached hydrogen (secondary N) is 2. The summed E-state index contributed by atoms with van der Waals surface area (Å²) in [5.41, 5.74) is 1.01. The lowest BCUT2D eigenvalue weighted by atomic mass is 10.2. The van der Waals surface area contributed by atoms with E-state index in [9.17, 15) is 14.0 Å². The van der Waals surface area contributed by atoms with Crippen LogP contribution in [0.25, 0.3) is 0 Å². The maximum Gasteiger partial charge on any atom is 0.251 e. The second-order valence-corrected chi connectivity index (χ2v) is 5.60. The Morgan fingerprint density at radius 2 is 2.09 bits per heavy atom. The molecule has 2 N–H and O–H groups in total. The molecular weight excluding hydrogens is 305 g/mol. The van der Waals surface area contributed by atoms with Gasteiger partial charge in [0, 0.05) is 17.4 Å². The number of nitrogens with zero attached hydrogens (tertiary/aromatic N) is 1. The summed E-state index contributed by atoms with van der Waals surface area (Å²) >= 11 is 1.15. The minimum atomic E-state index is -0.359. The van der Waals surface area contributed by atoms with Crippen LogP contribution in [0.4, 0.5) is 10.1 Å². The van der Waals surface area contributed by atoms with Gasteiger partial charge in [-0.3, -0.25) is 9.59 Å². The molecule has 7 heteroatoms. The Labute approximate surface area is 131 Å². The fourth-order valence-corrected chi connectivity index (χ4v) is 2.49. The van der Waals surface area contributed by atoms with E-state index in [-0.39, 0.29) is 23.0 Å². The highest BCUT2D eigenvalue weighted by molar-refractivity contribution is 7.99. The second-order valence-electron chi connectivity index (χ2n) is 4.64. The van der Waals surface area contributed by atoms with E-state index in [4.69, 9.17) is 0 Å². The number of anilines is 1. The normalized spacial score (nSPS) is 10.5. The molecule has 1 aromatic carbocycles. The predicted molar refractivity (Wildman–Crippen MR) is 84.6 cm³/mol. The van der Waals surface area contributed by atoms with Crippen LogP contribution in [0.5, 0.6) is 0 Å². The molecule has 0 fully saturated rings. The molecule has 1 amide bonds. The monoisotopic (exact) mass is 321 g/mol. The first-order valence-corrected chi connectivity index (χ1v) is 7.84. The first-order valence-electron chi connectivity index (χ1n) is 6.85. The first-order chi connectivity index (χ1) is 10.6. The van der Waals surface area contributed by atoms with Crippen LogP contribution in [0.1, 0.15) is 19.0 Å². The minimum Gasteiger partial charge on any atom is -0.325 e. The summed E-state index contributed by atoms with van der Waals surface area (Å²) in [4.78, 5) is 30.2. The summed E-state index contributed by atoms with van der Waals surface area (Å²) in [5, 5.41) is 3.07. The topological polar surface area (TPSA) is 74.8 Å². The summed E-state index contributed by atoms with van der Waals surface area (Å²) in [7, 11) is 0. The number of rotatable bonds is 6. The zero-order chi connectivity index (χ0) is 15.9. The van der Waals surface area contributed by atoms with E-state index in [1.807, 2.05) is 6.92 Å². The highest BCUT2D eigenvalue weighted by Crippen LogP contribution is 2.13. The summed E-state index contributed by atoms with van der Waals surface area (Å²) in [6.45, 7) is 2.01. The van der Waals surface area contributed by atoms with E-state index >= 15 is 0 Å². The van der Waals surface area contributed by atoms with Gasteiger partial charge in [0.1, 0.15) is 5.82 Å². The molecule has 0 atom stereocenters. The Kier molecular flexibility index (Phi) is 5.71. The van der Waals surface area contributed by atoms with Gasteiger partial charge in [-0.05, 0) is 30.7 Å². The van der Waals surface area contributed by atoms with E-state index < -0.39 is 0 Å². The van der Waals surface area contributed by atoms with Crippen LogP contribution < -0.4 is 10.9 Å². The molecule has 5 nitrogen and oxygen atoms in total. The van der Waals surface area contributed by atoms with E-state index in [0.29, 0.717) is 16.5 Å². The van der Waals surface area contributed by atoms with Gasteiger partial charge in [0.25, 0.3) is 5.56 Å². The molecule has 2 aromatic rings. The minimum absolute atomic E-state index is 0.107. The third kappa shape index (κ3) is 5.00. The molecule has 1 aromatic heterocycles. The van der Waals surface area contributed by atoms with E-state index in [2.05, 4.69) is 15.3 Å². The molecule has 116 valence electrons. The molecule has 0 radical (unpaired) electrons. The van der Waals surface area contributed by atoms with Gasteiger partial charge in [-0.25, -0.2) is 9.37 Å². The Morgan fingerprint density at radius 3 is 2.77 bits per heavy atom. The van der Waals surface area contributed by atoms with Gasteiger partial charge < -0.3 is 10.3 Å². The van der Waals surface area contributed by atoms with E-state index in [1.54, 1.807) is 0 Å². The van der Waals surface area contributed by atoms with Crippen molar-refractivity contribution >= 4 is 23.4 Å². The second kappa shape index (κ2) is 7.74. The lowest BCUT2D eigenvalue weighted by Crippen LogP contribution is -2.15. The van der Waals surface area contributed by atoms with Crippen LogP contribution in [0.2, 0.25) is 0 Å². The Hall–Kier alpha value is -2.15. The highest BCUT2D eigenvalue weighted by Gasteiger charge is 2.07. The number of benzene rings is 1. The smallest absolute Gasteiger partial charge is 0.251 e. The molecule has 0 saturated heterocycles. The number of H-pyrrole nitrogens is 1. The largest absolute Gasteiger partial charge is 0.325 e. The van der Waals surface area contributed by atoms with Gasteiger partial charge in [0.05, 0.1) is 5.75 Å². The number of aromatic amines is 1. The molecule has 22 heavy (non-hydrogen) atoms. The molecule has 0 aliphatic heterocycles. The molecule has 0 bridgehead atoms. The standard InChI is InChI=1S/C15H16FN3O2S/c1-2-3-12-8-13(20)19-15(18-12)22-9-14(21)17-11-6-4-10(16)5-7-11/h4-8H,2-3,9H2,1H3,(H,17,21)(H,18,19,20). The van der Waals surface area contributed by atoms with Crippen molar-refractivity contribution in [3.63, 3.8) is 0 Å². The maximum atomic E-state index is 12.8. The fourth-order valence-electron chi connectivity index (χ4n) is 1.80. The number of amides is 1. The van der Waals surface area contributed by atoms with Crippen molar-refractivity contribution < 1.29 is 9.18 Å². The van der Waals surface area contributed by atoms with Gasteiger partial charge in [-0.1, -0.05) is 25.1 Å². The SMILES string of the molecule is CCCc1cc(=O)[nH]c(SCC(=O)Nc2ccc(F)cc2)n1. The lowest BCUT2D eigenvalue weighted by Gasteiger charge is -2.05. The van der Waals surface area contributed by atoms with E-state index in [0.717, 1.165) is 24.6 Å². The van der Waals surface area contributed by atoms with Gasteiger partial charge in [0.2, 0.25) is 5.91 Å². The van der Waals surface area contributed by atoms with Crippen molar-refractivity contribution in [2.75, 3.05) is 11.1 Å². The summed E-state index contributed by atoms with van der Waals surface area (Å²) in [6.07, 6.45) is 1.62. The molecule has 0 unspecified atom stereocenters. The summed E-state index contributed by atoms with van der Waals surface area (Å²) < 4.78 is 12.8. The van der Waals surface area contributed by atoms with Crippen molar-refractivity contribution in [1.29, 1.82) is 0 Å². The number of hydrogen-bond acceptors (Lipinski definition) is 4. The lowest BCUT2D eigenvalue weighted by molar-refractivity contribution is -0.113. The summed E-state index contributed by atoms with van der Waals surface area (Å²) in [6, 6.07) is 6.98. The van der Waals surface area contributed by atoms with Crippen molar-refractivity contribution in [3.05, 3.63) is 52.2 Å². The molecule has 0 saturated carbocycles. The van der Waals surface area contributed by atoms with E-state index in [1.165, 1.54) is 30.3 Å². The molecule has 0 aliphatic rings. The predicted octanol–water partition coefficient (Wildman–Crippen LogP) is 2.59. The van der Waals surface area contributed by atoms with Gasteiger partial charge in [0.15, 0.2) is 5.16 Å². The number of thioether (sulfide) groups is 1. The fraction of sp³-hybridized carbons (Fsp3) is 0.267. The Bertz CT molecular complexity index is 701. The number of carbonyl (C=O) groups is 1. The van der Waals surface area contributed by atoms with Crippen molar-refractivity contribution in [1.82, 2.24) is 9.97 Å². The van der Waals surface area contributed by atoms with Crippen LogP contribution in [0, 0.1) is 5.82 Å². The molecular formula is C15H16FN3O2S.